The van der Waals surface area contributed by atoms with E-state index in [0.717, 1.165) is 36.0 Å². The molecule has 3 aromatic rings. The van der Waals surface area contributed by atoms with Gasteiger partial charge in [-0.2, -0.15) is 0 Å². The number of carbonyl (C=O) groups excluding carboxylic acids is 1. The highest BCUT2D eigenvalue weighted by atomic mass is 16.5. The molecule has 6 nitrogen and oxygen atoms in total. The molecule has 1 atom stereocenters. The van der Waals surface area contributed by atoms with Crippen LogP contribution in [-0.4, -0.2) is 25.3 Å². The third-order valence-electron chi connectivity index (χ3n) is 5.43. The molecule has 0 N–H and O–H groups in total. The average molecular weight is 408 g/mol. The van der Waals surface area contributed by atoms with Crippen molar-refractivity contribution >= 4 is 16.9 Å². The van der Waals surface area contributed by atoms with Crippen molar-refractivity contribution in [2.45, 2.75) is 39.4 Å². The lowest BCUT2D eigenvalue weighted by Crippen LogP contribution is -2.18. The summed E-state index contributed by atoms with van der Waals surface area (Å²) in [6, 6.07) is 12.2. The molecule has 0 radical (unpaired) electrons. The normalized spacial score (nSPS) is 16.0. The van der Waals surface area contributed by atoms with Crippen LogP contribution in [0.3, 0.4) is 0 Å². The number of ether oxygens (including phenoxy) is 3. The maximum atomic E-state index is 12.7. The third-order valence-corrected chi connectivity index (χ3v) is 5.43. The fraction of sp³-hybridized carbons (Fsp3) is 0.333. The van der Waals surface area contributed by atoms with Crippen LogP contribution in [0, 0.1) is 13.8 Å². The van der Waals surface area contributed by atoms with Gasteiger partial charge in [-0.1, -0.05) is 24.3 Å². The van der Waals surface area contributed by atoms with Crippen LogP contribution in [0.2, 0.25) is 0 Å². The molecular formula is C24H24O6. The minimum atomic E-state index is -0.511. The highest BCUT2D eigenvalue weighted by molar-refractivity contribution is 5.92. The molecule has 30 heavy (non-hydrogen) atoms. The molecule has 1 saturated heterocycles. The first-order valence-electron chi connectivity index (χ1n) is 10.1. The molecule has 0 bridgehead atoms. The number of rotatable bonds is 6. The van der Waals surface area contributed by atoms with Crippen molar-refractivity contribution in [1.29, 1.82) is 0 Å². The van der Waals surface area contributed by atoms with E-state index in [0.29, 0.717) is 29.1 Å². The Morgan fingerprint density at radius 3 is 2.80 bits per heavy atom. The largest absolute Gasteiger partial charge is 0.490 e. The summed E-state index contributed by atoms with van der Waals surface area (Å²) in [5.74, 6) is -0.0509. The van der Waals surface area contributed by atoms with Crippen molar-refractivity contribution < 1.29 is 23.4 Å². The molecule has 1 unspecified atom stereocenters. The summed E-state index contributed by atoms with van der Waals surface area (Å²) in [4.78, 5) is 24.8. The average Bonchev–Trinajstić information content (AvgIpc) is 3.27. The molecule has 4 rings (SSSR count). The lowest BCUT2D eigenvalue weighted by atomic mass is 10.0. The molecule has 1 aromatic heterocycles. The summed E-state index contributed by atoms with van der Waals surface area (Å²) in [5, 5.41) is 0.758. The summed E-state index contributed by atoms with van der Waals surface area (Å²) in [6.07, 6.45) is 2.03. The first-order chi connectivity index (χ1) is 14.5. The maximum Gasteiger partial charge on any atom is 0.342 e. The van der Waals surface area contributed by atoms with E-state index >= 15 is 0 Å². The quantitative estimate of drug-likeness (QED) is 0.447. The van der Waals surface area contributed by atoms with E-state index in [1.165, 1.54) is 6.07 Å². The summed E-state index contributed by atoms with van der Waals surface area (Å²) in [5.41, 5.74) is 2.92. The van der Waals surface area contributed by atoms with E-state index in [-0.39, 0.29) is 12.7 Å². The van der Waals surface area contributed by atoms with Crippen LogP contribution >= 0.6 is 0 Å². The monoisotopic (exact) mass is 408 g/mol. The Kier molecular flexibility index (Phi) is 5.86. The van der Waals surface area contributed by atoms with E-state index < -0.39 is 11.6 Å². The zero-order valence-corrected chi connectivity index (χ0v) is 17.1. The molecular weight excluding hydrogens is 384 g/mol. The highest BCUT2D eigenvalue weighted by Crippen LogP contribution is 2.25. The number of esters is 1. The van der Waals surface area contributed by atoms with Crippen LogP contribution in [0.15, 0.2) is 51.7 Å². The zero-order chi connectivity index (χ0) is 21.1. The van der Waals surface area contributed by atoms with E-state index in [1.807, 2.05) is 32.0 Å². The van der Waals surface area contributed by atoms with Gasteiger partial charge in [-0.25, -0.2) is 9.59 Å². The standard InChI is InChI=1S/C24H24O6/c1-15-9-10-19-17(12-22(25)30-23(19)16(15)2)13-29-24(26)20-7-3-4-8-21(20)28-14-18-6-5-11-27-18/h3-4,7-10,12,18H,5-6,11,13-14H2,1-2H3. The van der Waals surface area contributed by atoms with Crippen LogP contribution in [0.5, 0.6) is 5.75 Å². The fourth-order valence-corrected chi connectivity index (χ4v) is 3.58. The zero-order valence-electron chi connectivity index (χ0n) is 17.1. The second-order valence-corrected chi connectivity index (χ2v) is 7.49. The predicted octanol–water partition coefficient (Wildman–Crippen LogP) is 4.32. The number of benzene rings is 2. The minimum absolute atomic E-state index is 0.0382. The Bertz CT molecular complexity index is 1120. The molecule has 0 spiro atoms. The van der Waals surface area contributed by atoms with Gasteiger partial charge in [0.2, 0.25) is 0 Å². The number of carbonyl (C=O) groups is 1. The van der Waals surface area contributed by atoms with Crippen molar-refractivity contribution in [3.05, 3.63) is 75.1 Å². The molecule has 2 heterocycles. The summed E-state index contributed by atoms with van der Waals surface area (Å²) in [6.45, 7) is 4.96. The SMILES string of the molecule is Cc1ccc2c(COC(=O)c3ccccc3OCC3CCCO3)cc(=O)oc2c1C. The molecule has 6 heteroatoms. The van der Waals surface area contributed by atoms with Gasteiger partial charge in [0.05, 0.1) is 6.10 Å². The summed E-state index contributed by atoms with van der Waals surface area (Å²) >= 11 is 0. The second kappa shape index (κ2) is 8.71. The van der Waals surface area contributed by atoms with Gasteiger partial charge in [-0.15, -0.1) is 0 Å². The minimum Gasteiger partial charge on any atom is -0.490 e. The second-order valence-electron chi connectivity index (χ2n) is 7.49. The molecule has 2 aromatic carbocycles. The van der Waals surface area contributed by atoms with Gasteiger partial charge in [0.15, 0.2) is 0 Å². The predicted molar refractivity (Wildman–Crippen MR) is 112 cm³/mol. The van der Waals surface area contributed by atoms with Gasteiger partial charge >= 0.3 is 11.6 Å². The first-order valence-corrected chi connectivity index (χ1v) is 10.1. The van der Waals surface area contributed by atoms with Crippen LogP contribution < -0.4 is 10.4 Å². The lowest BCUT2D eigenvalue weighted by Gasteiger charge is -2.14. The molecule has 1 fully saturated rings. The van der Waals surface area contributed by atoms with Crippen LogP contribution in [0.25, 0.3) is 11.0 Å². The fourth-order valence-electron chi connectivity index (χ4n) is 3.58. The number of aryl methyl sites for hydroxylation is 2. The van der Waals surface area contributed by atoms with Gasteiger partial charge in [-0.05, 0) is 49.9 Å². The molecule has 0 saturated carbocycles. The van der Waals surface area contributed by atoms with Crippen molar-refractivity contribution in [3.63, 3.8) is 0 Å². The summed E-state index contributed by atoms with van der Waals surface area (Å²) in [7, 11) is 0. The van der Waals surface area contributed by atoms with E-state index in [4.69, 9.17) is 18.6 Å². The van der Waals surface area contributed by atoms with Crippen LogP contribution in [-0.2, 0) is 16.1 Å². The van der Waals surface area contributed by atoms with Crippen LogP contribution in [0.4, 0.5) is 0 Å². The first kappa shape index (κ1) is 20.2. The van der Waals surface area contributed by atoms with Gasteiger partial charge in [0.1, 0.15) is 30.1 Å². The smallest absolute Gasteiger partial charge is 0.342 e. The van der Waals surface area contributed by atoms with E-state index in [1.54, 1.807) is 18.2 Å². The molecule has 0 amide bonds. The van der Waals surface area contributed by atoms with Crippen molar-refractivity contribution in [2.75, 3.05) is 13.2 Å². The van der Waals surface area contributed by atoms with Gasteiger partial charge in [0, 0.05) is 23.6 Å². The Labute approximate surface area is 174 Å². The van der Waals surface area contributed by atoms with E-state index in [9.17, 15) is 9.59 Å². The number of hydrogen-bond donors (Lipinski definition) is 0. The molecule has 1 aliphatic heterocycles. The molecule has 1 aliphatic rings. The Balaban J connectivity index is 1.52. The van der Waals surface area contributed by atoms with Gasteiger partial charge in [-0.3, -0.25) is 0 Å². The topological polar surface area (TPSA) is 75.0 Å². The number of hydrogen-bond acceptors (Lipinski definition) is 6. The van der Waals surface area contributed by atoms with Gasteiger partial charge in [0.25, 0.3) is 0 Å². The lowest BCUT2D eigenvalue weighted by molar-refractivity contribution is 0.0455. The molecule has 156 valence electrons. The number of fused-ring (bicyclic) bond motifs is 1. The number of para-hydroxylation sites is 1. The van der Waals surface area contributed by atoms with E-state index in [2.05, 4.69) is 0 Å². The third kappa shape index (κ3) is 4.24. The van der Waals surface area contributed by atoms with Crippen molar-refractivity contribution in [1.82, 2.24) is 0 Å². The Hall–Kier alpha value is -3.12. The van der Waals surface area contributed by atoms with Crippen molar-refractivity contribution in [3.8, 4) is 5.75 Å². The van der Waals surface area contributed by atoms with Crippen LogP contribution in [0.1, 0.15) is 39.9 Å². The maximum absolute atomic E-state index is 12.7. The highest BCUT2D eigenvalue weighted by Gasteiger charge is 2.19. The Morgan fingerprint density at radius 2 is 2.00 bits per heavy atom. The molecule has 0 aliphatic carbocycles. The summed E-state index contributed by atoms with van der Waals surface area (Å²) < 4.78 is 22.3. The van der Waals surface area contributed by atoms with Crippen molar-refractivity contribution in [2.24, 2.45) is 0 Å². The Morgan fingerprint density at radius 1 is 1.17 bits per heavy atom. The van der Waals surface area contributed by atoms with Gasteiger partial charge < -0.3 is 18.6 Å².